The minimum absolute atomic E-state index is 0.0683. The molecule has 22 heavy (non-hydrogen) atoms. The number of halogens is 1. The largest absolute Gasteiger partial charge is 0.390 e. The molecule has 0 aromatic heterocycles. The van der Waals surface area contributed by atoms with Gasteiger partial charge in [-0.2, -0.15) is 0 Å². The highest BCUT2D eigenvalue weighted by Gasteiger charge is 2.48. The number of aliphatic hydroxyl groups is 4. The molecule has 1 saturated heterocycles. The van der Waals surface area contributed by atoms with E-state index in [-0.39, 0.29) is 11.8 Å². The van der Waals surface area contributed by atoms with E-state index in [0.717, 1.165) is 0 Å². The zero-order valence-corrected chi connectivity index (χ0v) is 13.2. The van der Waals surface area contributed by atoms with Gasteiger partial charge in [0.25, 0.3) is 0 Å². The summed E-state index contributed by atoms with van der Waals surface area (Å²) in [6.45, 7) is 5.44. The first kappa shape index (κ1) is 18.0. The SMILES string of the molecule is CCC1OC(OC2C(C)CC(C)C(O)C2O)C(O)C(F)C1O. The molecule has 0 radical (unpaired) electrons. The van der Waals surface area contributed by atoms with Gasteiger partial charge in [-0.15, -0.1) is 0 Å². The molecular formula is C15H27FO6. The van der Waals surface area contributed by atoms with E-state index in [1.54, 1.807) is 6.92 Å². The van der Waals surface area contributed by atoms with Gasteiger partial charge in [-0.05, 0) is 24.7 Å². The summed E-state index contributed by atoms with van der Waals surface area (Å²) in [5.74, 6) is -0.143. The zero-order valence-electron chi connectivity index (χ0n) is 13.2. The molecule has 2 rings (SSSR count). The lowest BCUT2D eigenvalue weighted by Gasteiger charge is -2.45. The molecule has 0 bridgehead atoms. The Labute approximate surface area is 129 Å². The number of hydrogen-bond acceptors (Lipinski definition) is 6. The van der Waals surface area contributed by atoms with Crippen LogP contribution in [0.15, 0.2) is 0 Å². The molecule has 6 nitrogen and oxygen atoms in total. The highest BCUT2D eigenvalue weighted by Crippen LogP contribution is 2.34. The first-order chi connectivity index (χ1) is 10.3. The van der Waals surface area contributed by atoms with E-state index in [9.17, 15) is 24.8 Å². The van der Waals surface area contributed by atoms with Crippen LogP contribution >= 0.6 is 0 Å². The van der Waals surface area contributed by atoms with Gasteiger partial charge in [-0.3, -0.25) is 0 Å². The fraction of sp³-hybridized carbons (Fsp3) is 1.00. The molecule has 10 atom stereocenters. The number of rotatable bonds is 3. The molecule has 0 aromatic carbocycles. The van der Waals surface area contributed by atoms with E-state index in [1.807, 2.05) is 13.8 Å². The number of ether oxygens (including phenoxy) is 2. The monoisotopic (exact) mass is 322 g/mol. The highest BCUT2D eigenvalue weighted by molar-refractivity contribution is 4.93. The van der Waals surface area contributed by atoms with Crippen LogP contribution in [-0.4, -0.2) is 69.5 Å². The molecule has 4 N–H and O–H groups in total. The third-order valence-corrected chi connectivity index (χ3v) is 4.89. The van der Waals surface area contributed by atoms with Crippen molar-refractivity contribution in [3.05, 3.63) is 0 Å². The van der Waals surface area contributed by atoms with E-state index < -0.39 is 49.1 Å². The maximum atomic E-state index is 14.0. The van der Waals surface area contributed by atoms with Crippen LogP contribution in [0, 0.1) is 11.8 Å². The standard InChI is InChI=1S/C15H27FO6/c1-4-8-11(18)9(16)12(19)15(21-8)22-14-7(3)5-6(2)10(17)13(14)20/h6-15,17-20H,4-5H2,1-3H3. The molecule has 7 heteroatoms. The van der Waals surface area contributed by atoms with Crippen molar-refractivity contribution in [1.82, 2.24) is 0 Å². The topological polar surface area (TPSA) is 99.4 Å². The Morgan fingerprint density at radius 3 is 2.23 bits per heavy atom. The van der Waals surface area contributed by atoms with Gasteiger partial charge in [0.1, 0.15) is 18.3 Å². The Morgan fingerprint density at radius 1 is 1.00 bits per heavy atom. The van der Waals surface area contributed by atoms with Gasteiger partial charge in [0.05, 0.1) is 18.3 Å². The molecule has 2 fully saturated rings. The predicted octanol–water partition coefficient (Wildman–Crippen LogP) is -0.0359. The molecule has 0 aromatic rings. The van der Waals surface area contributed by atoms with Gasteiger partial charge < -0.3 is 29.9 Å². The quantitative estimate of drug-likeness (QED) is 0.582. The highest BCUT2D eigenvalue weighted by atomic mass is 19.1. The maximum absolute atomic E-state index is 14.0. The van der Waals surface area contributed by atoms with Crippen LogP contribution in [0.25, 0.3) is 0 Å². The van der Waals surface area contributed by atoms with Gasteiger partial charge in [0.2, 0.25) is 0 Å². The number of alkyl halides is 1. The second kappa shape index (κ2) is 7.07. The molecule has 2 aliphatic rings. The third kappa shape index (κ3) is 3.29. The lowest BCUT2D eigenvalue weighted by Crippen LogP contribution is -2.59. The molecule has 130 valence electrons. The second-order valence-electron chi connectivity index (χ2n) is 6.65. The maximum Gasteiger partial charge on any atom is 0.187 e. The first-order valence-corrected chi connectivity index (χ1v) is 7.95. The fourth-order valence-electron chi connectivity index (χ4n) is 3.44. The van der Waals surface area contributed by atoms with E-state index >= 15 is 0 Å². The molecule has 0 amide bonds. The van der Waals surface area contributed by atoms with Gasteiger partial charge in [0.15, 0.2) is 12.5 Å². The minimum atomic E-state index is -1.87. The normalized spacial score (nSPS) is 53.5. The molecule has 1 aliphatic carbocycles. The summed E-state index contributed by atoms with van der Waals surface area (Å²) in [4.78, 5) is 0. The summed E-state index contributed by atoms with van der Waals surface area (Å²) in [6.07, 6.45) is -8.76. The molecule has 1 aliphatic heterocycles. The molecule has 0 spiro atoms. The van der Waals surface area contributed by atoms with Crippen LogP contribution < -0.4 is 0 Å². The van der Waals surface area contributed by atoms with Crippen molar-refractivity contribution < 1.29 is 34.3 Å². The summed E-state index contributed by atoms with van der Waals surface area (Å²) in [5.41, 5.74) is 0. The Bertz CT molecular complexity index is 368. The summed E-state index contributed by atoms with van der Waals surface area (Å²) in [6, 6.07) is 0. The summed E-state index contributed by atoms with van der Waals surface area (Å²) in [7, 11) is 0. The molecule has 1 heterocycles. The zero-order chi connectivity index (χ0) is 16.6. The van der Waals surface area contributed by atoms with E-state index in [4.69, 9.17) is 9.47 Å². The summed E-state index contributed by atoms with van der Waals surface area (Å²) in [5, 5.41) is 39.8. The van der Waals surface area contributed by atoms with Gasteiger partial charge >= 0.3 is 0 Å². The van der Waals surface area contributed by atoms with Crippen molar-refractivity contribution in [2.45, 2.75) is 82.7 Å². The smallest absolute Gasteiger partial charge is 0.187 e. The Hall–Kier alpha value is -0.310. The van der Waals surface area contributed by atoms with Crippen molar-refractivity contribution >= 4 is 0 Å². The second-order valence-corrected chi connectivity index (χ2v) is 6.65. The van der Waals surface area contributed by atoms with E-state index in [2.05, 4.69) is 0 Å². The van der Waals surface area contributed by atoms with Crippen molar-refractivity contribution in [2.24, 2.45) is 11.8 Å². The van der Waals surface area contributed by atoms with Gasteiger partial charge in [-0.25, -0.2) is 4.39 Å². The van der Waals surface area contributed by atoms with Crippen molar-refractivity contribution in [3.8, 4) is 0 Å². The van der Waals surface area contributed by atoms with Gasteiger partial charge in [-0.1, -0.05) is 20.8 Å². The lowest BCUT2D eigenvalue weighted by molar-refractivity contribution is -0.317. The van der Waals surface area contributed by atoms with Crippen LogP contribution in [0.2, 0.25) is 0 Å². The van der Waals surface area contributed by atoms with Crippen molar-refractivity contribution in [3.63, 3.8) is 0 Å². The molecular weight excluding hydrogens is 295 g/mol. The van der Waals surface area contributed by atoms with Crippen LogP contribution in [0.5, 0.6) is 0 Å². The first-order valence-electron chi connectivity index (χ1n) is 7.95. The molecule has 1 saturated carbocycles. The predicted molar refractivity (Wildman–Crippen MR) is 75.7 cm³/mol. The lowest BCUT2D eigenvalue weighted by atomic mass is 9.77. The van der Waals surface area contributed by atoms with Crippen LogP contribution in [0.4, 0.5) is 4.39 Å². The minimum Gasteiger partial charge on any atom is -0.390 e. The number of aliphatic hydroxyl groups excluding tert-OH is 4. The third-order valence-electron chi connectivity index (χ3n) is 4.89. The fourth-order valence-corrected chi connectivity index (χ4v) is 3.44. The van der Waals surface area contributed by atoms with Crippen LogP contribution in [0.3, 0.4) is 0 Å². The average molecular weight is 322 g/mol. The molecule has 10 unspecified atom stereocenters. The average Bonchev–Trinajstić information content (AvgIpc) is 2.49. The number of hydrogen-bond donors (Lipinski definition) is 4. The Kier molecular flexibility index (Phi) is 5.79. The summed E-state index contributed by atoms with van der Waals surface area (Å²) >= 11 is 0. The van der Waals surface area contributed by atoms with Crippen molar-refractivity contribution in [2.75, 3.05) is 0 Å². The summed E-state index contributed by atoms with van der Waals surface area (Å²) < 4.78 is 25.0. The van der Waals surface area contributed by atoms with Crippen LogP contribution in [0.1, 0.15) is 33.6 Å². The van der Waals surface area contributed by atoms with E-state index in [0.29, 0.717) is 12.8 Å². The van der Waals surface area contributed by atoms with Crippen molar-refractivity contribution in [1.29, 1.82) is 0 Å². The van der Waals surface area contributed by atoms with Gasteiger partial charge in [0, 0.05) is 0 Å². The van der Waals surface area contributed by atoms with E-state index in [1.165, 1.54) is 0 Å². The Morgan fingerprint density at radius 2 is 1.64 bits per heavy atom. The van der Waals surface area contributed by atoms with Crippen LogP contribution in [-0.2, 0) is 9.47 Å². The Balaban J connectivity index is 2.08.